The molecule has 6 nitrogen and oxygen atoms in total. The van der Waals surface area contributed by atoms with E-state index in [2.05, 4.69) is 10.3 Å². The predicted octanol–water partition coefficient (Wildman–Crippen LogP) is 0.925. The Labute approximate surface area is 94.6 Å². The van der Waals surface area contributed by atoms with Crippen LogP contribution in [0, 0.1) is 0 Å². The van der Waals surface area contributed by atoms with E-state index in [1.165, 1.54) is 12.3 Å². The van der Waals surface area contributed by atoms with Crippen LogP contribution in [0.1, 0.15) is 17.4 Å². The molecule has 16 heavy (non-hydrogen) atoms. The zero-order valence-corrected chi connectivity index (χ0v) is 9.08. The van der Waals surface area contributed by atoms with Crippen LogP contribution in [-0.2, 0) is 9.59 Å². The molecule has 0 radical (unpaired) electrons. The summed E-state index contributed by atoms with van der Waals surface area (Å²) in [6, 6.07) is 0. The minimum absolute atomic E-state index is 0.103. The smallest absolute Gasteiger partial charge is 0.328 e. The molecule has 84 valence electrons. The number of amides is 1. The summed E-state index contributed by atoms with van der Waals surface area (Å²) in [5.74, 6) is -2.00. The first-order chi connectivity index (χ1) is 7.49. The monoisotopic (exact) mass is 240 g/mol. The molecular weight excluding hydrogens is 232 g/mol. The summed E-state index contributed by atoms with van der Waals surface area (Å²) in [6.07, 6.45) is 1.65. The van der Waals surface area contributed by atoms with Gasteiger partial charge < -0.3 is 10.4 Å². The first kappa shape index (κ1) is 12.1. The number of carbonyl (C=O) groups excluding carboxylic acids is 2. The van der Waals surface area contributed by atoms with Crippen molar-refractivity contribution in [2.75, 3.05) is 5.32 Å². The maximum Gasteiger partial charge on any atom is 0.328 e. The fourth-order valence-electron chi connectivity index (χ4n) is 0.827. The molecule has 0 saturated heterocycles. The Morgan fingerprint density at radius 3 is 2.69 bits per heavy atom. The highest BCUT2D eigenvalue weighted by Crippen LogP contribution is 2.15. The third-order valence-corrected chi connectivity index (χ3v) is 2.17. The number of allylic oxidation sites excluding steroid dienone is 1. The van der Waals surface area contributed by atoms with Crippen molar-refractivity contribution in [3.8, 4) is 0 Å². The largest absolute Gasteiger partial charge is 0.478 e. The maximum absolute atomic E-state index is 11.3. The molecule has 0 unspecified atom stereocenters. The Hall–Kier alpha value is -2.02. The fraction of sp³-hybridized carbons (Fsp3) is 0.111. The summed E-state index contributed by atoms with van der Waals surface area (Å²) in [7, 11) is 0. The number of carboxylic acid groups (broad SMARTS) is 1. The summed E-state index contributed by atoms with van der Waals surface area (Å²) in [5.41, 5.74) is 0.103. The minimum Gasteiger partial charge on any atom is -0.478 e. The lowest BCUT2D eigenvalue weighted by atomic mass is 10.3. The molecule has 1 aromatic heterocycles. The highest BCUT2D eigenvalue weighted by atomic mass is 32.1. The van der Waals surface area contributed by atoms with E-state index in [9.17, 15) is 14.4 Å². The molecule has 0 saturated carbocycles. The Bertz CT molecular complexity index is 464. The van der Waals surface area contributed by atoms with E-state index in [4.69, 9.17) is 5.11 Å². The number of hydrogen-bond acceptors (Lipinski definition) is 5. The predicted molar refractivity (Wildman–Crippen MR) is 57.5 cm³/mol. The van der Waals surface area contributed by atoms with Gasteiger partial charge in [-0.25, -0.2) is 9.78 Å². The fourth-order valence-corrected chi connectivity index (χ4v) is 1.57. The number of anilines is 1. The van der Waals surface area contributed by atoms with E-state index in [1.807, 2.05) is 0 Å². The number of ketones is 1. The van der Waals surface area contributed by atoms with Crippen molar-refractivity contribution < 1.29 is 19.5 Å². The lowest BCUT2D eigenvalue weighted by molar-refractivity contribution is -0.131. The number of aromatic nitrogens is 1. The molecule has 0 aliphatic heterocycles. The Morgan fingerprint density at radius 2 is 2.12 bits per heavy atom. The third-order valence-electron chi connectivity index (χ3n) is 1.42. The number of carbonyl (C=O) groups is 3. The zero-order valence-electron chi connectivity index (χ0n) is 8.26. The van der Waals surface area contributed by atoms with Crippen LogP contribution < -0.4 is 5.32 Å². The van der Waals surface area contributed by atoms with Crippen LogP contribution in [-0.4, -0.2) is 27.8 Å². The summed E-state index contributed by atoms with van der Waals surface area (Å²) in [5, 5.41) is 12.5. The van der Waals surface area contributed by atoms with E-state index in [1.54, 1.807) is 0 Å². The number of rotatable bonds is 4. The number of carboxylic acids is 1. The average molecular weight is 240 g/mol. The van der Waals surface area contributed by atoms with Gasteiger partial charge in [-0.3, -0.25) is 9.59 Å². The molecule has 1 aromatic rings. The third kappa shape index (κ3) is 3.62. The quantitative estimate of drug-likeness (QED) is 0.602. The van der Waals surface area contributed by atoms with Crippen molar-refractivity contribution in [2.45, 2.75) is 6.92 Å². The van der Waals surface area contributed by atoms with Gasteiger partial charge in [0.1, 0.15) is 5.69 Å². The van der Waals surface area contributed by atoms with E-state index >= 15 is 0 Å². The normalized spacial score (nSPS) is 10.3. The molecule has 1 amide bonds. The first-order valence-electron chi connectivity index (χ1n) is 4.17. The molecule has 0 bridgehead atoms. The summed E-state index contributed by atoms with van der Waals surface area (Å²) < 4.78 is 0. The van der Waals surface area contributed by atoms with Crippen molar-refractivity contribution >= 4 is 34.1 Å². The van der Waals surface area contributed by atoms with Crippen LogP contribution >= 0.6 is 11.3 Å². The molecule has 0 aliphatic carbocycles. The van der Waals surface area contributed by atoms with Crippen molar-refractivity contribution in [1.29, 1.82) is 0 Å². The molecule has 0 spiro atoms. The molecule has 2 N–H and O–H groups in total. The summed E-state index contributed by atoms with van der Waals surface area (Å²) >= 11 is 1.10. The van der Waals surface area contributed by atoms with Crippen LogP contribution in [0.15, 0.2) is 17.5 Å². The highest BCUT2D eigenvalue weighted by molar-refractivity contribution is 7.14. The van der Waals surface area contributed by atoms with Gasteiger partial charge in [0, 0.05) is 18.4 Å². The van der Waals surface area contributed by atoms with Crippen molar-refractivity contribution in [1.82, 2.24) is 4.98 Å². The Kier molecular flexibility index (Phi) is 3.90. The number of hydrogen-bond donors (Lipinski definition) is 2. The van der Waals surface area contributed by atoms with Gasteiger partial charge in [-0.1, -0.05) is 0 Å². The highest BCUT2D eigenvalue weighted by Gasteiger charge is 2.08. The second-order valence-electron chi connectivity index (χ2n) is 2.75. The van der Waals surface area contributed by atoms with E-state index in [0.717, 1.165) is 23.5 Å². The Morgan fingerprint density at radius 1 is 1.44 bits per heavy atom. The van der Waals surface area contributed by atoms with Crippen LogP contribution in [0.4, 0.5) is 5.13 Å². The van der Waals surface area contributed by atoms with Crippen molar-refractivity contribution in [2.24, 2.45) is 0 Å². The zero-order chi connectivity index (χ0) is 12.1. The van der Waals surface area contributed by atoms with E-state index < -0.39 is 11.8 Å². The second-order valence-corrected chi connectivity index (χ2v) is 3.61. The van der Waals surface area contributed by atoms with Gasteiger partial charge in [-0.15, -0.1) is 11.3 Å². The molecule has 7 heteroatoms. The second kappa shape index (κ2) is 5.17. The first-order valence-corrected chi connectivity index (χ1v) is 5.05. The Balaban J connectivity index is 2.74. The van der Waals surface area contributed by atoms with Gasteiger partial charge in [0.15, 0.2) is 5.13 Å². The van der Waals surface area contributed by atoms with Crippen molar-refractivity contribution in [3.05, 3.63) is 23.2 Å². The topological polar surface area (TPSA) is 96.4 Å². The number of nitrogens with zero attached hydrogens (tertiary/aromatic N) is 1. The number of nitrogens with one attached hydrogen (secondary N) is 1. The standard InChI is InChI=1S/C9H8N2O4S/c1-5(12)10-9-11-6(4-16-9)7(13)2-3-8(14)15/h2-4H,1H3,(H,14,15)(H,10,11,12)/b3-2+. The van der Waals surface area contributed by atoms with Gasteiger partial charge in [-0.2, -0.15) is 0 Å². The molecular formula is C9H8N2O4S. The summed E-state index contributed by atoms with van der Waals surface area (Å²) in [4.78, 5) is 36.0. The molecule has 0 aliphatic rings. The number of aliphatic carboxylic acids is 1. The van der Waals surface area contributed by atoms with Gasteiger partial charge >= 0.3 is 5.97 Å². The van der Waals surface area contributed by atoms with Gasteiger partial charge in [-0.05, 0) is 6.08 Å². The molecule has 1 rings (SSSR count). The molecule has 0 aromatic carbocycles. The van der Waals surface area contributed by atoms with Crippen LogP contribution in [0.3, 0.4) is 0 Å². The molecule has 1 heterocycles. The van der Waals surface area contributed by atoms with Gasteiger partial charge in [0.05, 0.1) is 0 Å². The van der Waals surface area contributed by atoms with E-state index in [0.29, 0.717) is 5.13 Å². The van der Waals surface area contributed by atoms with Crippen molar-refractivity contribution in [3.63, 3.8) is 0 Å². The summed E-state index contributed by atoms with van der Waals surface area (Å²) in [6.45, 7) is 1.33. The SMILES string of the molecule is CC(=O)Nc1nc(C(=O)/C=C/C(=O)O)cs1. The maximum atomic E-state index is 11.3. The van der Waals surface area contributed by atoms with Crippen LogP contribution in [0.2, 0.25) is 0 Å². The van der Waals surface area contributed by atoms with Crippen LogP contribution in [0.25, 0.3) is 0 Å². The lowest BCUT2D eigenvalue weighted by Gasteiger charge is -1.92. The average Bonchev–Trinajstić information content (AvgIpc) is 2.61. The van der Waals surface area contributed by atoms with Gasteiger partial charge in [0.25, 0.3) is 0 Å². The molecule has 0 atom stereocenters. The van der Waals surface area contributed by atoms with Gasteiger partial charge in [0.2, 0.25) is 11.7 Å². The van der Waals surface area contributed by atoms with Crippen LogP contribution in [0.5, 0.6) is 0 Å². The van der Waals surface area contributed by atoms with E-state index in [-0.39, 0.29) is 11.6 Å². The minimum atomic E-state index is -1.20. The molecule has 0 fully saturated rings. The number of thiazole rings is 1. The lowest BCUT2D eigenvalue weighted by Crippen LogP contribution is -2.06.